The number of hydrogen-bond donors (Lipinski definition) is 0. The summed E-state index contributed by atoms with van der Waals surface area (Å²) in [6, 6.07) is 2.37. The maximum Gasteiger partial charge on any atom is 0.523 e. The van der Waals surface area contributed by atoms with E-state index in [0.717, 1.165) is 19.1 Å². The van der Waals surface area contributed by atoms with Gasteiger partial charge in [-0.25, -0.2) is 8.78 Å². The largest absolute Gasteiger partial charge is 0.523 e. The van der Waals surface area contributed by atoms with E-state index < -0.39 is 39.0 Å². The molecule has 1 heterocycles. The molecule has 1 fully saturated rings. The monoisotopic (exact) mass is 332 g/mol. The predicted molar refractivity (Wildman–Crippen MR) is 59.5 cm³/mol. The topological polar surface area (TPSA) is 55.9 Å². The smallest absolute Gasteiger partial charge is 0.361 e. The fraction of sp³-hybridized carbons (Fsp3) is 0.455. The van der Waals surface area contributed by atoms with Gasteiger partial charge in [0, 0.05) is 11.6 Å². The van der Waals surface area contributed by atoms with Gasteiger partial charge in [0.05, 0.1) is 6.61 Å². The molecule has 1 aromatic carbocycles. The molecule has 0 unspecified atom stereocenters. The van der Waals surface area contributed by atoms with Crippen molar-refractivity contribution in [2.45, 2.75) is 24.1 Å². The van der Waals surface area contributed by atoms with E-state index in [2.05, 4.69) is 4.18 Å². The number of alkyl halides is 3. The van der Waals surface area contributed by atoms with Crippen LogP contribution < -0.4 is 0 Å². The standard InChI is InChI=1S/C11H9F5O4S/c1-6(20-21(17,18)11(14,15)16)10(5-19-10)8-3-2-7(12)4-9(8)13/h2-4,6H,5H2,1H3/t6-,10+/m0/s1. The van der Waals surface area contributed by atoms with E-state index in [9.17, 15) is 30.4 Å². The molecule has 1 saturated heterocycles. The van der Waals surface area contributed by atoms with E-state index in [1.54, 1.807) is 0 Å². The molecule has 4 nitrogen and oxygen atoms in total. The van der Waals surface area contributed by atoms with Crippen LogP contribution in [0.5, 0.6) is 0 Å². The van der Waals surface area contributed by atoms with Gasteiger partial charge in [0.2, 0.25) is 0 Å². The highest BCUT2D eigenvalue weighted by molar-refractivity contribution is 7.87. The second-order valence-corrected chi connectivity index (χ2v) is 6.00. The van der Waals surface area contributed by atoms with Crippen LogP contribution in [0.2, 0.25) is 0 Å². The van der Waals surface area contributed by atoms with Crippen LogP contribution in [0.3, 0.4) is 0 Å². The minimum absolute atomic E-state index is 0.246. The van der Waals surface area contributed by atoms with Crippen molar-refractivity contribution in [2.75, 3.05) is 6.61 Å². The average molecular weight is 332 g/mol. The Balaban J connectivity index is 2.29. The number of ether oxygens (including phenoxy) is 1. The zero-order valence-corrected chi connectivity index (χ0v) is 11.3. The molecule has 2 atom stereocenters. The molecule has 0 bridgehead atoms. The molecule has 0 N–H and O–H groups in total. The first-order valence-corrected chi connectivity index (χ1v) is 6.99. The Morgan fingerprint density at radius 2 is 1.90 bits per heavy atom. The third kappa shape index (κ3) is 2.87. The fourth-order valence-corrected chi connectivity index (χ4v) is 2.49. The molecular weight excluding hydrogens is 323 g/mol. The van der Waals surface area contributed by atoms with Crippen molar-refractivity contribution in [1.82, 2.24) is 0 Å². The van der Waals surface area contributed by atoms with Crippen LogP contribution in [0.15, 0.2) is 18.2 Å². The van der Waals surface area contributed by atoms with Gasteiger partial charge in [0.1, 0.15) is 23.3 Å². The Morgan fingerprint density at radius 1 is 1.33 bits per heavy atom. The van der Waals surface area contributed by atoms with Crippen LogP contribution in [0.4, 0.5) is 22.0 Å². The lowest BCUT2D eigenvalue weighted by molar-refractivity contribution is -0.0597. The third-order valence-corrected chi connectivity index (χ3v) is 4.16. The summed E-state index contributed by atoms with van der Waals surface area (Å²) in [5.41, 5.74) is -7.55. The first-order chi connectivity index (χ1) is 9.49. The van der Waals surface area contributed by atoms with Gasteiger partial charge < -0.3 is 4.74 Å². The van der Waals surface area contributed by atoms with Crippen molar-refractivity contribution in [2.24, 2.45) is 0 Å². The second-order valence-electron chi connectivity index (χ2n) is 4.44. The molecule has 0 saturated carbocycles. The first kappa shape index (κ1) is 16.1. The van der Waals surface area contributed by atoms with E-state index in [0.29, 0.717) is 6.07 Å². The summed E-state index contributed by atoms with van der Waals surface area (Å²) in [4.78, 5) is 0. The van der Waals surface area contributed by atoms with Crippen molar-refractivity contribution < 1.29 is 39.3 Å². The number of benzene rings is 1. The molecule has 1 aromatic rings. The molecule has 0 aromatic heterocycles. The normalized spacial score (nSPS) is 23.9. The van der Waals surface area contributed by atoms with Gasteiger partial charge >= 0.3 is 15.6 Å². The predicted octanol–water partition coefficient (Wildman–Crippen LogP) is 2.45. The highest BCUT2D eigenvalue weighted by Crippen LogP contribution is 2.45. The van der Waals surface area contributed by atoms with Gasteiger partial charge in [-0.3, -0.25) is 4.18 Å². The Bertz CT molecular complexity index is 651. The summed E-state index contributed by atoms with van der Waals surface area (Å²) in [6.07, 6.45) is -1.64. The summed E-state index contributed by atoms with van der Waals surface area (Å²) in [5.74, 6) is -1.95. The Hall–Kier alpha value is -1.26. The number of halogens is 5. The van der Waals surface area contributed by atoms with Gasteiger partial charge in [0.25, 0.3) is 0 Å². The Morgan fingerprint density at radius 3 is 2.33 bits per heavy atom. The molecule has 0 amide bonds. The van der Waals surface area contributed by atoms with E-state index in [-0.39, 0.29) is 12.2 Å². The highest BCUT2D eigenvalue weighted by atomic mass is 32.2. The lowest BCUT2D eigenvalue weighted by Gasteiger charge is -2.21. The van der Waals surface area contributed by atoms with E-state index in [1.807, 2.05) is 0 Å². The lowest BCUT2D eigenvalue weighted by Crippen LogP contribution is -2.36. The zero-order chi connectivity index (χ0) is 16.1. The molecule has 0 radical (unpaired) electrons. The molecule has 21 heavy (non-hydrogen) atoms. The minimum Gasteiger partial charge on any atom is -0.361 e. The van der Waals surface area contributed by atoms with Gasteiger partial charge in [-0.15, -0.1) is 0 Å². The van der Waals surface area contributed by atoms with Crippen LogP contribution in [-0.2, 0) is 24.6 Å². The van der Waals surface area contributed by atoms with Crippen LogP contribution in [0, 0.1) is 11.6 Å². The molecule has 0 spiro atoms. The highest BCUT2D eigenvalue weighted by Gasteiger charge is 2.58. The SMILES string of the molecule is C[C@H](OS(=O)(=O)C(F)(F)F)[C@@]1(c2ccc(F)cc2F)CO1. The van der Waals surface area contributed by atoms with Crippen LogP contribution in [0.25, 0.3) is 0 Å². The van der Waals surface area contributed by atoms with E-state index >= 15 is 0 Å². The third-order valence-electron chi connectivity index (χ3n) is 3.05. The molecule has 118 valence electrons. The maximum absolute atomic E-state index is 13.7. The zero-order valence-electron chi connectivity index (χ0n) is 10.4. The van der Waals surface area contributed by atoms with Crippen molar-refractivity contribution in [3.63, 3.8) is 0 Å². The second kappa shape index (κ2) is 4.89. The van der Waals surface area contributed by atoms with E-state index in [4.69, 9.17) is 4.74 Å². The summed E-state index contributed by atoms with van der Waals surface area (Å²) >= 11 is 0. The fourth-order valence-electron chi connectivity index (χ4n) is 1.84. The minimum atomic E-state index is -5.85. The van der Waals surface area contributed by atoms with Gasteiger partial charge in [-0.05, 0) is 13.0 Å². The van der Waals surface area contributed by atoms with Crippen molar-refractivity contribution in [1.29, 1.82) is 0 Å². The number of hydrogen-bond acceptors (Lipinski definition) is 4. The summed E-state index contributed by atoms with van der Waals surface area (Å²) < 4.78 is 94.1. The van der Waals surface area contributed by atoms with Crippen LogP contribution >= 0.6 is 0 Å². The van der Waals surface area contributed by atoms with Crippen molar-refractivity contribution in [3.8, 4) is 0 Å². The quantitative estimate of drug-likeness (QED) is 0.368. The van der Waals surface area contributed by atoms with Gasteiger partial charge in [0.15, 0.2) is 0 Å². The molecule has 1 aliphatic heterocycles. The summed E-state index contributed by atoms with van der Waals surface area (Å²) in [6.45, 7) is 0.753. The number of epoxide rings is 1. The van der Waals surface area contributed by atoms with Crippen molar-refractivity contribution >= 4 is 10.1 Å². The van der Waals surface area contributed by atoms with Crippen LogP contribution in [0.1, 0.15) is 12.5 Å². The molecule has 1 aliphatic rings. The van der Waals surface area contributed by atoms with Gasteiger partial charge in [-0.1, -0.05) is 6.07 Å². The van der Waals surface area contributed by atoms with Crippen molar-refractivity contribution in [3.05, 3.63) is 35.4 Å². The molecule has 0 aliphatic carbocycles. The number of rotatable bonds is 4. The molecular formula is C11H9F5O4S. The maximum atomic E-state index is 13.7. The lowest BCUT2D eigenvalue weighted by atomic mass is 9.94. The van der Waals surface area contributed by atoms with Gasteiger partial charge in [-0.2, -0.15) is 21.6 Å². The first-order valence-electron chi connectivity index (χ1n) is 5.59. The average Bonchev–Trinajstić information content (AvgIpc) is 3.07. The Kier molecular flexibility index (Phi) is 3.75. The summed E-state index contributed by atoms with van der Waals surface area (Å²) in [5, 5.41) is 0. The molecule has 10 heteroatoms. The van der Waals surface area contributed by atoms with Crippen LogP contribution in [-0.4, -0.2) is 26.6 Å². The molecule has 2 rings (SSSR count). The Labute approximate surface area is 116 Å². The van der Waals surface area contributed by atoms with E-state index in [1.165, 1.54) is 0 Å². The summed E-state index contributed by atoms with van der Waals surface area (Å²) in [7, 11) is -5.85.